The van der Waals surface area contributed by atoms with E-state index in [1.165, 1.54) is 38.5 Å². The highest BCUT2D eigenvalue weighted by atomic mass is 16.7. The zero-order valence-electron chi connectivity index (χ0n) is 12.4. The van der Waals surface area contributed by atoms with Gasteiger partial charge in [-0.1, -0.05) is 56.9 Å². The Labute approximate surface area is 113 Å². The molecule has 0 aliphatic rings. The van der Waals surface area contributed by atoms with Gasteiger partial charge in [-0.25, -0.2) is 0 Å². The van der Waals surface area contributed by atoms with E-state index >= 15 is 0 Å². The summed E-state index contributed by atoms with van der Waals surface area (Å²) in [6, 6.07) is 0. The highest BCUT2D eigenvalue weighted by molar-refractivity contribution is 5.02. The van der Waals surface area contributed by atoms with Gasteiger partial charge in [0.1, 0.15) is 0 Å². The fourth-order valence-electron chi connectivity index (χ4n) is 1.65. The van der Waals surface area contributed by atoms with Crippen molar-refractivity contribution in [1.82, 2.24) is 0 Å². The monoisotopic (exact) mass is 254 g/mol. The number of ether oxygens (including phenoxy) is 2. The molecule has 106 valence electrons. The zero-order chi connectivity index (χ0) is 13.5. The smallest absolute Gasteiger partial charge is 0.155 e. The van der Waals surface area contributed by atoms with Gasteiger partial charge < -0.3 is 9.47 Å². The minimum atomic E-state index is -0.109. The van der Waals surface area contributed by atoms with Gasteiger partial charge >= 0.3 is 0 Å². The first kappa shape index (κ1) is 17.4. The van der Waals surface area contributed by atoms with E-state index in [2.05, 4.69) is 19.1 Å². The van der Waals surface area contributed by atoms with Crippen LogP contribution in [0.25, 0.3) is 0 Å². The molecule has 0 heterocycles. The van der Waals surface area contributed by atoms with Gasteiger partial charge in [0.2, 0.25) is 0 Å². The summed E-state index contributed by atoms with van der Waals surface area (Å²) in [7, 11) is 0. The number of rotatable bonds is 12. The van der Waals surface area contributed by atoms with Crippen LogP contribution in [0.5, 0.6) is 0 Å². The first-order valence-electron chi connectivity index (χ1n) is 7.36. The average molecular weight is 254 g/mol. The molecule has 1 atom stereocenters. The second-order valence-electron chi connectivity index (χ2n) is 4.42. The van der Waals surface area contributed by atoms with Gasteiger partial charge in [-0.2, -0.15) is 0 Å². The second kappa shape index (κ2) is 14.5. The molecule has 0 spiro atoms. The molecule has 0 aromatic carbocycles. The molecule has 0 N–H and O–H groups in total. The van der Waals surface area contributed by atoms with Crippen molar-refractivity contribution in [3.63, 3.8) is 0 Å². The minimum absolute atomic E-state index is 0.109. The van der Waals surface area contributed by atoms with Crippen LogP contribution in [0.3, 0.4) is 0 Å². The summed E-state index contributed by atoms with van der Waals surface area (Å²) in [5.74, 6) is 0. The van der Waals surface area contributed by atoms with E-state index in [4.69, 9.17) is 9.47 Å². The molecule has 0 radical (unpaired) electrons. The largest absolute Gasteiger partial charge is 0.353 e. The van der Waals surface area contributed by atoms with E-state index in [9.17, 15) is 0 Å². The minimum Gasteiger partial charge on any atom is -0.353 e. The molecule has 0 aliphatic carbocycles. The Hall–Kier alpha value is -0.600. The topological polar surface area (TPSA) is 18.5 Å². The van der Waals surface area contributed by atoms with Crippen molar-refractivity contribution in [2.75, 3.05) is 13.2 Å². The Morgan fingerprint density at radius 2 is 1.61 bits per heavy atom. The summed E-state index contributed by atoms with van der Waals surface area (Å²) >= 11 is 0. The van der Waals surface area contributed by atoms with E-state index in [0.717, 1.165) is 0 Å². The maximum atomic E-state index is 5.41. The number of hydrogen-bond donors (Lipinski definition) is 0. The van der Waals surface area contributed by atoms with E-state index in [1.807, 2.05) is 26.0 Å². The van der Waals surface area contributed by atoms with E-state index < -0.39 is 0 Å². The van der Waals surface area contributed by atoms with Crippen LogP contribution in [0, 0.1) is 0 Å². The third-order valence-corrected chi connectivity index (χ3v) is 2.69. The highest BCUT2D eigenvalue weighted by Gasteiger charge is 1.96. The van der Waals surface area contributed by atoms with E-state index in [-0.39, 0.29) is 6.29 Å². The van der Waals surface area contributed by atoms with Gasteiger partial charge in [0, 0.05) is 6.61 Å². The van der Waals surface area contributed by atoms with Crippen LogP contribution in [0.1, 0.15) is 59.3 Å². The third-order valence-electron chi connectivity index (χ3n) is 2.69. The van der Waals surface area contributed by atoms with Gasteiger partial charge in [-0.15, -0.1) is 0 Å². The quantitative estimate of drug-likeness (QED) is 0.281. The summed E-state index contributed by atoms with van der Waals surface area (Å²) in [6.07, 6.45) is 16.2. The lowest BCUT2D eigenvalue weighted by atomic mass is 10.1. The Balaban J connectivity index is 3.29. The highest BCUT2D eigenvalue weighted by Crippen LogP contribution is 2.05. The van der Waals surface area contributed by atoms with Crippen molar-refractivity contribution in [3.8, 4) is 0 Å². The van der Waals surface area contributed by atoms with E-state index in [1.54, 1.807) is 0 Å². The molecular weight excluding hydrogens is 224 g/mol. The van der Waals surface area contributed by atoms with Crippen LogP contribution in [0.4, 0.5) is 0 Å². The molecule has 0 aromatic heterocycles. The molecule has 0 aliphatic heterocycles. The van der Waals surface area contributed by atoms with Gasteiger partial charge in [0.15, 0.2) is 6.29 Å². The first-order valence-corrected chi connectivity index (χ1v) is 7.36. The molecule has 0 amide bonds. The lowest BCUT2D eigenvalue weighted by molar-refractivity contribution is -0.118. The molecule has 0 rings (SSSR count). The van der Waals surface area contributed by atoms with Gasteiger partial charge in [-0.05, 0) is 26.7 Å². The van der Waals surface area contributed by atoms with Crippen LogP contribution in [0.15, 0.2) is 24.3 Å². The maximum Gasteiger partial charge on any atom is 0.155 e. The van der Waals surface area contributed by atoms with Crippen LogP contribution in [0.2, 0.25) is 0 Å². The second-order valence-corrected chi connectivity index (χ2v) is 4.42. The molecule has 18 heavy (non-hydrogen) atoms. The molecule has 1 unspecified atom stereocenters. The van der Waals surface area contributed by atoms with Crippen LogP contribution in [-0.4, -0.2) is 19.5 Å². The number of allylic oxidation sites excluding steroid dienone is 3. The van der Waals surface area contributed by atoms with Crippen molar-refractivity contribution in [1.29, 1.82) is 0 Å². The predicted molar refractivity (Wildman–Crippen MR) is 78.7 cm³/mol. The maximum absolute atomic E-state index is 5.41. The Kier molecular flexibility index (Phi) is 14.0. The van der Waals surface area contributed by atoms with Gasteiger partial charge in [-0.3, -0.25) is 0 Å². The molecule has 2 nitrogen and oxygen atoms in total. The molecule has 0 saturated heterocycles. The average Bonchev–Trinajstić information content (AvgIpc) is 2.36. The molecule has 2 heteroatoms. The van der Waals surface area contributed by atoms with Crippen LogP contribution >= 0.6 is 0 Å². The summed E-state index contributed by atoms with van der Waals surface area (Å²) in [4.78, 5) is 0. The van der Waals surface area contributed by atoms with Crippen molar-refractivity contribution in [2.45, 2.75) is 65.6 Å². The summed E-state index contributed by atoms with van der Waals surface area (Å²) < 4.78 is 10.7. The standard InChI is InChI=1S/C16H30O2/c1-4-6-7-8-9-10-11-12-13-14-15-18-16(3)17-5-2/h11-14,16H,4-10,15H2,1-3H3/b12-11+,14-13+. The van der Waals surface area contributed by atoms with Crippen molar-refractivity contribution in [2.24, 2.45) is 0 Å². The lowest BCUT2D eigenvalue weighted by Crippen LogP contribution is -2.12. The van der Waals surface area contributed by atoms with Crippen molar-refractivity contribution in [3.05, 3.63) is 24.3 Å². The summed E-state index contributed by atoms with van der Waals surface area (Å²) in [5.41, 5.74) is 0. The zero-order valence-corrected chi connectivity index (χ0v) is 12.4. The van der Waals surface area contributed by atoms with Crippen LogP contribution in [-0.2, 0) is 9.47 Å². The van der Waals surface area contributed by atoms with Crippen molar-refractivity contribution >= 4 is 0 Å². The Morgan fingerprint density at radius 3 is 2.33 bits per heavy atom. The summed E-state index contributed by atoms with van der Waals surface area (Å²) in [5, 5.41) is 0. The lowest BCUT2D eigenvalue weighted by Gasteiger charge is -2.10. The first-order chi connectivity index (χ1) is 8.81. The molecule has 0 saturated carbocycles. The fraction of sp³-hybridized carbons (Fsp3) is 0.750. The van der Waals surface area contributed by atoms with Gasteiger partial charge in [0.05, 0.1) is 6.61 Å². The number of unbranched alkanes of at least 4 members (excludes halogenated alkanes) is 5. The van der Waals surface area contributed by atoms with Crippen LogP contribution < -0.4 is 0 Å². The molecular formula is C16H30O2. The van der Waals surface area contributed by atoms with Crippen molar-refractivity contribution < 1.29 is 9.47 Å². The number of hydrogen-bond acceptors (Lipinski definition) is 2. The third kappa shape index (κ3) is 13.5. The fourth-order valence-corrected chi connectivity index (χ4v) is 1.65. The Morgan fingerprint density at radius 1 is 0.889 bits per heavy atom. The normalized spacial score (nSPS) is 13.7. The summed E-state index contributed by atoms with van der Waals surface area (Å²) in [6.45, 7) is 7.45. The Bertz CT molecular complexity index is 209. The van der Waals surface area contributed by atoms with E-state index in [0.29, 0.717) is 13.2 Å². The molecule has 0 bridgehead atoms. The van der Waals surface area contributed by atoms with Gasteiger partial charge in [0.25, 0.3) is 0 Å². The molecule has 0 fully saturated rings. The predicted octanol–water partition coefficient (Wildman–Crippen LogP) is 4.86. The SMILES string of the molecule is CCCCCCC/C=C/C=C/COC(C)OCC. The molecule has 0 aromatic rings.